The van der Waals surface area contributed by atoms with Crippen molar-refractivity contribution < 1.29 is 18.8 Å². The van der Waals surface area contributed by atoms with E-state index in [1.165, 1.54) is 37.6 Å². The van der Waals surface area contributed by atoms with Crippen LogP contribution in [0, 0.1) is 15.9 Å². The van der Waals surface area contributed by atoms with E-state index in [4.69, 9.17) is 4.74 Å². The molecule has 1 unspecified atom stereocenters. The van der Waals surface area contributed by atoms with Crippen LogP contribution >= 0.6 is 0 Å². The van der Waals surface area contributed by atoms with Gasteiger partial charge in [0.2, 0.25) is 0 Å². The zero-order chi connectivity index (χ0) is 17.0. The third kappa shape index (κ3) is 3.60. The number of nitro groups is 1. The first-order valence-corrected chi connectivity index (χ1v) is 6.66. The highest BCUT2D eigenvalue weighted by atomic mass is 19.1. The fourth-order valence-electron chi connectivity index (χ4n) is 2.09. The van der Waals surface area contributed by atoms with Crippen molar-refractivity contribution in [3.8, 4) is 5.75 Å². The molecule has 0 radical (unpaired) electrons. The molecule has 1 aromatic carbocycles. The lowest BCUT2D eigenvalue weighted by molar-refractivity contribution is -0.385. The summed E-state index contributed by atoms with van der Waals surface area (Å²) in [5.41, 5.74) is 0.137. The topological polar surface area (TPSA) is 94.4 Å². The van der Waals surface area contributed by atoms with Gasteiger partial charge in [-0.3, -0.25) is 19.9 Å². The first kappa shape index (κ1) is 16.3. The van der Waals surface area contributed by atoms with Gasteiger partial charge in [0, 0.05) is 23.9 Å². The Balaban J connectivity index is 2.28. The molecule has 0 fully saturated rings. The summed E-state index contributed by atoms with van der Waals surface area (Å²) >= 11 is 0. The molecule has 0 aliphatic rings. The van der Waals surface area contributed by atoms with Crippen LogP contribution in [-0.2, 0) is 0 Å². The molecule has 0 aliphatic heterocycles. The summed E-state index contributed by atoms with van der Waals surface area (Å²) in [4.78, 5) is 26.0. The van der Waals surface area contributed by atoms with E-state index in [2.05, 4.69) is 10.3 Å². The van der Waals surface area contributed by atoms with Crippen LogP contribution in [0.3, 0.4) is 0 Å². The normalized spacial score (nSPS) is 11.6. The largest absolute Gasteiger partial charge is 0.496 e. The maximum Gasteiger partial charge on any atom is 0.270 e. The number of rotatable bonds is 5. The van der Waals surface area contributed by atoms with Crippen molar-refractivity contribution in [1.29, 1.82) is 0 Å². The van der Waals surface area contributed by atoms with Crippen LogP contribution in [0.4, 0.5) is 10.1 Å². The summed E-state index contributed by atoms with van der Waals surface area (Å²) in [6, 6.07) is 4.70. The number of carbonyl (C=O) groups excluding carboxylic acids is 1. The molecule has 8 heteroatoms. The molecular formula is C15H14FN3O4. The Morgan fingerprint density at radius 1 is 1.43 bits per heavy atom. The summed E-state index contributed by atoms with van der Waals surface area (Å²) in [6.45, 7) is 1.62. The van der Waals surface area contributed by atoms with E-state index in [1.807, 2.05) is 0 Å². The first-order chi connectivity index (χ1) is 10.9. The molecule has 0 bridgehead atoms. The maximum absolute atomic E-state index is 13.6. The SMILES string of the molecule is COc1ccc([N+](=O)[O-])cc1C(C)NC(=O)c1ccncc1F. The van der Waals surface area contributed by atoms with Crippen molar-refractivity contribution in [1.82, 2.24) is 10.3 Å². The predicted octanol–water partition coefficient (Wildman–Crippen LogP) is 2.63. The minimum Gasteiger partial charge on any atom is -0.496 e. The molecule has 1 aromatic heterocycles. The zero-order valence-corrected chi connectivity index (χ0v) is 12.4. The van der Waals surface area contributed by atoms with Crippen molar-refractivity contribution in [3.63, 3.8) is 0 Å². The van der Waals surface area contributed by atoms with Crippen molar-refractivity contribution >= 4 is 11.6 Å². The Labute approximate surface area is 131 Å². The van der Waals surface area contributed by atoms with Gasteiger partial charge in [-0.25, -0.2) is 4.39 Å². The highest BCUT2D eigenvalue weighted by Gasteiger charge is 2.20. The zero-order valence-electron chi connectivity index (χ0n) is 12.4. The van der Waals surface area contributed by atoms with Gasteiger partial charge >= 0.3 is 0 Å². The number of hydrogen-bond donors (Lipinski definition) is 1. The summed E-state index contributed by atoms with van der Waals surface area (Å²) in [7, 11) is 1.42. The van der Waals surface area contributed by atoms with Gasteiger partial charge in [0.1, 0.15) is 5.75 Å². The average Bonchev–Trinajstić information content (AvgIpc) is 2.54. The number of non-ortho nitro benzene ring substituents is 1. The van der Waals surface area contributed by atoms with Gasteiger partial charge in [-0.2, -0.15) is 0 Å². The molecule has 2 rings (SSSR count). The van der Waals surface area contributed by atoms with Crippen LogP contribution in [0.15, 0.2) is 36.7 Å². The smallest absolute Gasteiger partial charge is 0.270 e. The Morgan fingerprint density at radius 2 is 2.17 bits per heavy atom. The molecule has 120 valence electrons. The lowest BCUT2D eigenvalue weighted by Crippen LogP contribution is -2.27. The van der Waals surface area contributed by atoms with Crippen LogP contribution in [0.1, 0.15) is 28.9 Å². The van der Waals surface area contributed by atoms with Crippen LogP contribution in [0.2, 0.25) is 0 Å². The predicted molar refractivity (Wildman–Crippen MR) is 79.7 cm³/mol. The number of methoxy groups -OCH3 is 1. The number of amides is 1. The van der Waals surface area contributed by atoms with E-state index in [0.717, 1.165) is 6.20 Å². The number of hydrogen-bond acceptors (Lipinski definition) is 5. The van der Waals surface area contributed by atoms with Gasteiger partial charge in [0.15, 0.2) is 5.82 Å². The number of nitro benzene ring substituents is 1. The van der Waals surface area contributed by atoms with Gasteiger partial charge < -0.3 is 10.1 Å². The highest BCUT2D eigenvalue weighted by Crippen LogP contribution is 2.29. The van der Waals surface area contributed by atoms with Crippen molar-refractivity contribution in [2.45, 2.75) is 13.0 Å². The fraction of sp³-hybridized carbons (Fsp3) is 0.200. The number of carbonyl (C=O) groups is 1. The van der Waals surface area contributed by atoms with E-state index in [9.17, 15) is 19.3 Å². The Kier molecular flexibility index (Phi) is 4.85. The third-order valence-electron chi connectivity index (χ3n) is 3.26. The van der Waals surface area contributed by atoms with Crippen LogP contribution in [0.25, 0.3) is 0 Å². The fourth-order valence-corrected chi connectivity index (χ4v) is 2.09. The second kappa shape index (κ2) is 6.82. The van der Waals surface area contributed by atoms with Gasteiger partial charge in [0.25, 0.3) is 11.6 Å². The van der Waals surface area contributed by atoms with Crippen LogP contribution in [0.5, 0.6) is 5.75 Å². The van der Waals surface area contributed by atoms with E-state index in [-0.39, 0.29) is 11.3 Å². The van der Waals surface area contributed by atoms with Gasteiger partial charge in [-0.1, -0.05) is 0 Å². The van der Waals surface area contributed by atoms with Crippen molar-refractivity contribution in [2.24, 2.45) is 0 Å². The number of aromatic nitrogens is 1. The molecule has 7 nitrogen and oxygen atoms in total. The Hall–Kier alpha value is -3.03. The monoisotopic (exact) mass is 319 g/mol. The number of nitrogens with zero attached hydrogens (tertiary/aromatic N) is 2. The molecule has 1 N–H and O–H groups in total. The van der Waals surface area contributed by atoms with Crippen molar-refractivity contribution in [3.05, 3.63) is 63.7 Å². The van der Waals surface area contributed by atoms with Gasteiger partial charge in [-0.05, 0) is 19.1 Å². The van der Waals surface area contributed by atoms with E-state index >= 15 is 0 Å². The average molecular weight is 319 g/mol. The molecule has 23 heavy (non-hydrogen) atoms. The Morgan fingerprint density at radius 3 is 2.78 bits per heavy atom. The molecule has 0 saturated heterocycles. The summed E-state index contributed by atoms with van der Waals surface area (Å²) in [6.07, 6.45) is 2.24. The van der Waals surface area contributed by atoms with Crippen LogP contribution < -0.4 is 10.1 Å². The lowest BCUT2D eigenvalue weighted by atomic mass is 10.1. The summed E-state index contributed by atoms with van der Waals surface area (Å²) < 4.78 is 18.7. The number of nitrogens with one attached hydrogen (secondary N) is 1. The molecule has 1 heterocycles. The van der Waals surface area contributed by atoms with E-state index < -0.39 is 22.7 Å². The standard InChI is InChI=1S/C15H14FN3O4/c1-9(18-15(20)11-5-6-17-8-13(11)16)12-7-10(19(21)22)3-4-14(12)23-2/h3-9H,1-2H3,(H,18,20). The van der Waals surface area contributed by atoms with E-state index in [0.29, 0.717) is 11.3 Å². The summed E-state index contributed by atoms with van der Waals surface area (Å²) in [5, 5.41) is 13.5. The lowest BCUT2D eigenvalue weighted by Gasteiger charge is -2.17. The Bertz CT molecular complexity index is 751. The number of ether oxygens (including phenoxy) is 1. The van der Waals surface area contributed by atoms with Gasteiger partial charge in [0.05, 0.1) is 29.8 Å². The molecular weight excluding hydrogens is 305 g/mol. The molecule has 0 saturated carbocycles. The molecule has 0 spiro atoms. The third-order valence-corrected chi connectivity index (χ3v) is 3.26. The molecule has 1 amide bonds. The van der Waals surface area contributed by atoms with Gasteiger partial charge in [-0.15, -0.1) is 0 Å². The van der Waals surface area contributed by atoms with E-state index in [1.54, 1.807) is 6.92 Å². The van der Waals surface area contributed by atoms with Crippen LogP contribution in [-0.4, -0.2) is 22.9 Å². The highest BCUT2D eigenvalue weighted by molar-refractivity contribution is 5.94. The molecule has 2 aromatic rings. The minimum absolute atomic E-state index is 0.128. The number of halogens is 1. The molecule has 1 atom stereocenters. The second-order valence-electron chi connectivity index (χ2n) is 4.73. The summed E-state index contributed by atoms with van der Waals surface area (Å²) in [5.74, 6) is -1.01. The first-order valence-electron chi connectivity index (χ1n) is 6.66. The molecule has 0 aliphatic carbocycles. The second-order valence-corrected chi connectivity index (χ2v) is 4.73. The number of pyridine rings is 1. The quantitative estimate of drug-likeness (QED) is 0.675. The maximum atomic E-state index is 13.6. The minimum atomic E-state index is -0.747. The van der Waals surface area contributed by atoms with Crippen molar-refractivity contribution in [2.75, 3.05) is 7.11 Å². The number of benzene rings is 1.